The molecule has 0 aliphatic heterocycles. The first-order chi connectivity index (χ1) is 8.13. The summed E-state index contributed by atoms with van der Waals surface area (Å²) in [5.41, 5.74) is 2.15. The number of hydrogen-bond acceptors (Lipinski definition) is 4. The van der Waals surface area contributed by atoms with Crippen LogP contribution in [0.1, 0.15) is 21.8 Å². The monoisotopic (exact) mass is 231 g/mol. The van der Waals surface area contributed by atoms with E-state index in [-0.39, 0.29) is 5.69 Å². The zero-order valence-electron chi connectivity index (χ0n) is 9.98. The molecule has 2 aromatic rings. The van der Waals surface area contributed by atoms with Crippen LogP contribution in [0.4, 0.5) is 0 Å². The Morgan fingerprint density at radius 1 is 1.29 bits per heavy atom. The largest absolute Gasteiger partial charge is 0.464 e. The Morgan fingerprint density at radius 3 is 2.65 bits per heavy atom. The van der Waals surface area contributed by atoms with Gasteiger partial charge in [0.25, 0.3) is 0 Å². The maximum absolute atomic E-state index is 11.4. The summed E-state index contributed by atoms with van der Waals surface area (Å²) >= 11 is 0. The number of nitrogens with zero attached hydrogens (tertiary/aromatic N) is 1. The molecular weight excluding hydrogens is 218 g/mol. The first kappa shape index (κ1) is 11.4. The van der Waals surface area contributed by atoms with E-state index in [1.54, 1.807) is 6.92 Å². The number of aryl methyl sites for hydroxylation is 2. The average Bonchev–Trinajstić information content (AvgIpc) is 2.71. The fourth-order valence-electron chi connectivity index (χ4n) is 1.61. The van der Waals surface area contributed by atoms with Gasteiger partial charge in [0, 0.05) is 5.56 Å². The van der Waals surface area contributed by atoms with Crippen molar-refractivity contribution >= 4 is 5.97 Å². The van der Waals surface area contributed by atoms with Gasteiger partial charge in [-0.15, -0.1) is 0 Å². The molecule has 2 rings (SSSR count). The predicted molar refractivity (Wildman–Crippen MR) is 62.8 cm³/mol. The van der Waals surface area contributed by atoms with Gasteiger partial charge in [-0.3, -0.25) is 0 Å². The molecule has 1 aromatic carbocycles. The van der Waals surface area contributed by atoms with Crippen molar-refractivity contribution in [1.82, 2.24) is 4.98 Å². The smallest absolute Gasteiger partial charge is 0.360 e. The van der Waals surface area contributed by atoms with E-state index in [4.69, 9.17) is 4.42 Å². The highest BCUT2D eigenvalue weighted by Gasteiger charge is 2.18. The van der Waals surface area contributed by atoms with Gasteiger partial charge in [0.1, 0.15) is 5.76 Å². The van der Waals surface area contributed by atoms with E-state index in [1.807, 2.05) is 31.2 Å². The highest BCUT2D eigenvalue weighted by Crippen LogP contribution is 2.24. The number of oxazole rings is 1. The molecule has 1 heterocycles. The quantitative estimate of drug-likeness (QED) is 0.746. The number of rotatable bonds is 2. The van der Waals surface area contributed by atoms with Crippen molar-refractivity contribution < 1.29 is 13.9 Å². The molecule has 0 N–H and O–H groups in total. The van der Waals surface area contributed by atoms with Crippen molar-refractivity contribution in [2.24, 2.45) is 0 Å². The van der Waals surface area contributed by atoms with Crippen LogP contribution in [0, 0.1) is 13.8 Å². The summed E-state index contributed by atoms with van der Waals surface area (Å²) in [4.78, 5) is 15.6. The minimum atomic E-state index is -0.480. The summed E-state index contributed by atoms with van der Waals surface area (Å²) in [6.07, 6.45) is 0. The summed E-state index contributed by atoms with van der Waals surface area (Å²) in [6.45, 7) is 3.66. The molecule has 0 atom stereocenters. The van der Waals surface area contributed by atoms with Crippen LogP contribution in [0.5, 0.6) is 0 Å². The standard InChI is InChI=1S/C13H13NO3/c1-8-6-4-5-7-10(8)12-14-11(9(2)17-12)13(15)16-3/h4-7H,1-3H3. The van der Waals surface area contributed by atoms with Crippen molar-refractivity contribution in [3.8, 4) is 11.5 Å². The predicted octanol–water partition coefficient (Wildman–Crippen LogP) is 2.75. The molecule has 0 saturated carbocycles. The van der Waals surface area contributed by atoms with E-state index in [0.29, 0.717) is 11.7 Å². The number of carbonyl (C=O) groups excluding carboxylic acids is 1. The second kappa shape index (κ2) is 4.41. The SMILES string of the molecule is COC(=O)c1nc(-c2ccccc2C)oc1C. The van der Waals surface area contributed by atoms with E-state index in [0.717, 1.165) is 11.1 Å². The summed E-state index contributed by atoms with van der Waals surface area (Å²) in [6, 6.07) is 7.71. The van der Waals surface area contributed by atoms with E-state index < -0.39 is 5.97 Å². The van der Waals surface area contributed by atoms with Gasteiger partial charge in [-0.05, 0) is 25.5 Å². The lowest BCUT2D eigenvalue weighted by molar-refractivity contribution is 0.0593. The van der Waals surface area contributed by atoms with Crippen LogP contribution in [-0.2, 0) is 4.74 Å². The molecule has 0 bridgehead atoms. The van der Waals surface area contributed by atoms with Crippen molar-refractivity contribution in [2.45, 2.75) is 13.8 Å². The highest BCUT2D eigenvalue weighted by molar-refractivity contribution is 5.88. The van der Waals surface area contributed by atoms with E-state index >= 15 is 0 Å². The van der Waals surface area contributed by atoms with Gasteiger partial charge >= 0.3 is 5.97 Å². The zero-order valence-corrected chi connectivity index (χ0v) is 9.98. The Balaban J connectivity index is 2.49. The maximum Gasteiger partial charge on any atom is 0.360 e. The van der Waals surface area contributed by atoms with Crippen molar-refractivity contribution in [3.63, 3.8) is 0 Å². The number of carbonyl (C=O) groups is 1. The Bertz CT molecular complexity index is 558. The minimum Gasteiger partial charge on any atom is -0.464 e. The molecule has 17 heavy (non-hydrogen) atoms. The van der Waals surface area contributed by atoms with E-state index in [9.17, 15) is 4.79 Å². The van der Waals surface area contributed by atoms with Crippen molar-refractivity contribution in [3.05, 3.63) is 41.3 Å². The lowest BCUT2D eigenvalue weighted by atomic mass is 10.1. The van der Waals surface area contributed by atoms with Crippen LogP contribution >= 0.6 is 0 Å². The Morgan fingerprint density at radius 2 is 2.00 bits per heavy atom. The molecule has 0 spiro atoms. The topological polar surface area (TPSA) is 52.3 Å². The molecular formula is C13H13NO3. The van der Waals surface area contributed by atoms with Crippen LogP contribution < -0.4 is 0 Å². The van der Waals surface area contributed by atoms with Gasteiger partial charge in [-0.1, -0.05) is 18.2 Å². The third-order valence-electron chi connectivity index (χ3n) is 2.55. The van der Waals surface area contributed by atoms with Crippen LogP contribution in [0.2, 0.25) is 0 Å². The first-order valence-electron chi connectivity index (χ1n) is 5.25. The van der Waals surface area contributed by atoms with E-state index in [2.05, 4.69) is 9.72 Å². The number of esters is 1. The second-order valence-corrected chi connectivity index (χ2v) is 3.73. The molecule has 0 aliphatic carbocycles. The van der Waals surface area contributed by atoms with Crippen LogP contribution in [0.15, 0.2) is 28.7 Å². The summed E-state index contributed by atoms with van der Waals surface area (Å²) in [5, 5.41) is 0. The van der Waals surface area contributed by atoms with E-state index in [1.165, 1.54) is 7.11 Å². The second-order valence-electron chi connectivity index (χ2n) is 3.73. The fourth-order valence-corrected chi connectivity index (χ4v) is 1.61. The Hall–Kier alpha value is -2.10. The molecule has 0 aliphatic rings. The minimum absolute atomic E-state index is 0.228. The third kappa shape index (κ3) is 2.06. The molecule has 0 amide bonds. The Kier molecular flexibility index (Phi) is 2.95. The fraction of sp³-hybridized carbons (Fsp3) is 0.231. The van der Waals surface area contributed by atoms with Gasteiger partial charge in [-0.2, -0.15) is 0 Å². The molecule has 4 nitrogen and oxygen atoms in total. The van der Waals surface area contributed by atoms with Crippen LogP contribution in [0.25, 0.3) is 11.5 Å². The normalized spacial score (nSPS) is 10.3. The third-order valence-corrected chi connectivity index (χ3v) is 2.55. The van der Waals surface area contributed by atoms with Crippen LogP contribution in [0.3, 0.4) is 0 Å². The van der Waals surface area contributed by atoms with Gasteiger partial charge in [0.05, 0.1) is 7.11 Å². The van der Waals surface area contributed by atoms with Crippen molar-refractivity contribution in [1.29, 1.82) is 0 Å². The highest BCUT2D eigenvalue weighted by atomic mass is 16.5. The lowest BCUT2D eigenvalue weighted by Crippen LogP contribution is -2.03. The summed E-state index contributed by atoms with van der Waals surface area (Å²) < 4.78 is 10.1. The molecule has 0 radical (unpaired) electrons. The zero-order chi connectivity index (χ0) is 12.4. The first-order valence-corrected chi connectivity index (χ1v) is 5.25. The molecule has 1 aromatic heterocycles. The molecule has 0 unspecified atom stereocenters. The molecule has 4 heteroatoms. The van der Waals surface area contributed by atoms with Gasteiger partial charge in [-0.25, -0.2) is 9.78 Å². The number of ether oxygens (including phenoxy) is 1. The van der Waals surface area contributed by atoms with Crippen molar-refractivity contribution in [2.75, 3.05) is 7.11 Å². The van der Waals surface area contributed by atoms with Gasteiger partial charge in [0.2, 0.25) is 5.89 Å². The average molecular weight is 231 g/mol. The summed E-state index contributed by atoms with van der Waals surface area (Å²) in [5.74, 6) is 0.433. The summed E-state index contributed by atoms with van der Waals surface area (Å²) in [7, 11) is 1.32. The molecule has 88 valence electrons. The molecule has 0 fully saturated rings. The number of benzene rings is 1. The number of methoxy groups -OCH3 is 1. The molecule has 0 saturated heterocycles. The number of aromatic nitrogens is 1. The van der Waals surface area contributed by atoms with Gasteiger partial charge in [0.15, 0.2) is 5.69 Å². The lowest BCUT2D eigenvalue weighted by Gasteiger charge is -1.98. The maximum atomic E-state index is 11.4. The van der Waals surface area contributed by atoms with Gasteiger partial charge < -0.3 is 9.15 Å². The van der Waals surface area contributed by atoms with Crippen LogP contribution in [-0.4, -0.2) is 18.1 Å². The Labute approximate surface area is 99.2 Å². The number of hydrogen-bond donors (Lipinski definition) is 0.